The fourth-order valence-electron chi connectivity index (χ4n) is 3.24. The molecule has 3 aliphatic rings. The van der Waals surface area contributed by atoms with E-state index in [2.05, 4.69) is 30.7 Å². The molecule has 3 saturated heterocycles. The number of aromatic nitrogens is 1. The Balaban J connectivity index is 1.52. The van der Waals surface area contributed by atoms with Crippen LogP contribution in [0.2, 0.25) is 0 Å². The SMILES string of the molecule is CC(C)(CCN=CC(F)(F)c1ccccn1)CC1OC2OCC1(C)CO2. The summed E-state index contributed by atoms with van der Waals surface area (Å²) in [7, 11) is 0. The topological polar surface area (TPSA) is 52.9 Å². The average molecular weight is 368 g/mol. The first-order valence-corrected chi connectivity index (χ1v) is 8.89. The van der Waals surface area contributed by atoms with Crippen LogP contribution in [0.1, 0.15) is 39.3 Å². The summed E-state index contributed by atoms with van der Waals surface area (Å²) in [5.41, 5.74) is -0.549. The number of pyridine rings is 1. The van der Waals surface area contributed by atoms with Crippen LogP contribution in [0.3, 0.4) is 0 Å². The summed E-state index contributed by atoms with van der Waals surface area (Å²) in [4.78, 5) is 7.66. The van der Waals surface area contributed by atoms with E-state index < -0.39 is 12.4 Å². The number of hydrogen-bond donors (Lipinski definition) is 0. The minimum Gasteiger partial charge on any atom is -0.329 e. The van der Waals surface area contributed by atoms with Crippen LogP contribution in [0.15, 0.2) is 29.4 Å². The molecule has 1 aromatic heterocycles. The molecular formula is C19H26F2N2O3. The number of fused-ring (bicyclic) bond motifs is 3. The van der Waals surface area contributed by atoms with Gasteiger partial charge >= 0.3 is 5.92 Å². The monoisotopic (exact) mass is 368 g/mol. The number of nitrogens with zero attached hydrogens (tertiary/aromatic N) is 2. The lowest BCUT2D eigenvalue weighted by Gasteiger charge is -2.50. The van der Waals surface area contributed by atoms with Gasteiger partial charge in [0.1, 0.15) is 5.69 Å². The van der Waals surface area contributed by atoms with Gasteiger partial charge in [-0.3, -0.25) is 9.98 Å². The highest BCUT2D eigenvalue weighted by Crippen LogP contribution is 2.43. The van der Waals surface area contributed by atoms with Gasteiger partial charge in [-0.05, 0) is 30.4 Å². The molecule has 1 atom stereocenters. The lowest BCUT2D eigenvalue weighted by atomic mass is 9.74. The minimum absolute atomic E-state index is 0.0314. The first kappa shape index (κ1) is 19.3. The summed E-state index contributed by atoms with van der Waals surface area (Å²) >= 11 is 0. The molecule has 0 saturated carbocycles. The first-order chi connectivity index (χ1) is 12.2. The smallest absolute Gasteiger partial charge is 0.324 e. The van der Waals surface area contributed by atoms with E-state index in [1.807, 2.05) is 0 Å². The zero-order valence-electron chi connectivity index (χ0n) is 15.5. The quantitative estimate of drug-likeness (QED) is 0.687. The van der Waals surface area contributed by atoms with Crippen LogP contribution in [-0.4, -0.2) is 43.5 Å². The molecule has 0 amide bonds. The van der Waals surface area contributed by atoms with Gasteiger partial charge in [-0.2, -0.15) is 8.78 Å². The predicted molar refractivity (Wildman–Crippen MR) is 93.2 cm³/mol. The Kier molecular flexibility index (Phi) is 5.42. The fraction of sp³-hybridized carbons (Fsp3) is 0.684. The number of rotatable bonds is 7. The maximum atomic E-state index is 14.0. The molecule has 0 spiro atoms. The number of hydrogen-bond acceptors (Lipinski definition) is 5. The van der Waals surface area contributed by atoms with Crippen molar-refractivity contribution in [2.24, 2.45) is 15.8 Å². The van der Waals surface area contributed by atoms with Crippen LogP contribution in [-0.2, 0) is 20.1 Å². The van der Waals surface area contributed by atoms with Gasteiger partial charge in [0.05, 0.1) is 25.5 Å². The third-order valence-corrected chi connectivity index (χ3v) is 5.07. The number of halogens is 2. The highest BCUT2D eigenvalue weighted by atomic mass is 19.3. The van der Waals surface area contributed by atoms with E-state index in [0.717, 1.165) is 6.42 Å². The van der Waals surface area contributed by atoms with E-state index in [1.165, 1.54) is 12.3 Å². The first-order valence-electron chi connectivity index (χ1n) is 8.89. The largest absolute Gasteiger partial charge is 0.329 e. The summed E-state index contributed by atoms with van der Waals surface area (Å²) in [6.45, 7) is 7.29. The molecule has 2 bridgehead atoms. The van der Waals surface area contributed by atoms with Crippen molar-refractivity contribution in [1.29, 1.82) is 0 Å². The number of aliphatic imine (C=N–C) groups is 1. The third-order valence-electron chi connectivity index (χ3n) is 5.07. The minimum atomic E-state index is -3.15. The summed E-state index contributed by atoms with van der Waals surface area (Å²) in [5.74, 6) is -3.15. The molecule has 3 aliphatic heterocycles. The maximum absolute atomic E-state index is 14.0. The van der Waals surface area contributed by atoms with Crippen LogP contribution in [0.4, 0.5) is 8.78 Å². The molecule has 1 aromatic rings. The standard InChI is InChI=1S/C19H26F2N2O3/c1-17(2,10-15-18(3)12-24-16(26-15)25-13-18)7-9-22-11-19(20,21)14-6-4-5-8-23-14/h4-6,8,11,15-16H,7,9-10,12-13H2,1-3H3. The van der Waals surface area contributed by atoms with Crippen LogP contribution in [0, 0.1) is 10.8 Å². The lowest BCUT2D eigenvalue weighted by molar-refractivity contribution is -0.418. The van der Waals surface area contributed by atoms with Crippen molar-refractivity contribution < 1.29 is 23.0 Å². The van der Waals surface area contributed by atoms with Crippen molar-refractivity contribution in [3.05, 3.63) is 30.1 Å². The normalized spacial score (nSPS) is 29.4. The van der Waals surface area contributed by atoms with E-state index >= 15 is 0 Å². The highest BCUT2D eigenvalue weighted by Gasteiger charge is 2.49. The summed E-state index contributed by atoms with van der Waals surface area (Å²) in [6, 6.07) is 4.45. The third kappa shape index (κ3) is 4.45. The molecule has 26 heavy (non-hydrogen) atoms. The number of ether oxygens (including phenoxy) is 3. The molecule has 0 aliphatic carbocycles. The Morgan fingerprint density at radius 2 is 2.04 bits per heavy atom. The van der Waals surface area contributed by atoms with Gasteiger partial charge in [-0.15, -0.1) is 0 Å². The molecule has 5 nitrogen and oxygen atoms in total. The van der Waals surface area contributed by atoms with Crippen LogP contribution in [0.25, 0.3) is 0 Å². The van der Waals surface area contributed by atoms with E-state index in [1.54, 1.807) is 12.1 Å². The van der Waals surface area contributed by atoms with Gasteiger partial charge in [0.2, 0.25) is 0 Å². The van der Waals surface area contributed by atoms with Crippen molar-refractivity contribution in [3.8, 4) is 0 Å². The molecule has 7 heteroatoms. The molecule has 0 aromatic carbocycles. The van der Waals surface area contributed by atoms with E-state index in [-0.39, 0.29) is 22.6 Å². The Hall–Kier alpha value is -1.44. The summed E-state index contributed by atoms with van der Waals surface area (Å²) < 4.78 is 44.8. The average Bonchev–Trinajstić information content (AvgIpc) is 2.60. The van der Waals surface area contributed by atoms with Gasteiger partial charge in [-0.1, -0.05) is 26.8 Å². The van der Waals surface area contributed by atoms with Gasteiger partial charge in [0.25, 0.3) is 6.48 Å². The van der Waals surface area contributed by atoms with E-state index in [9.17, 15) is 8.78 Å². The zero-order chi connectivity index (χ0) is 18.8. The Labute approximate surface area is 152 Å². The van der Waals surface area contributed by atoms with E-state index in [0.29, 0.717) is 32.4 Å². The molecule has 4 heterocycles. The van der Waals surface area contributed by atoms with Crippen LogP contribution >= 0.6 is 0 Å². The maximum Gasteiger partial charge on any atom is 0.324 e. The molecule has 144 valence electrons. The van der Waals surface area contributed by atoms with Crippen molar-refractivity contribution in [3.63, 3.8) is 0 Å². The molecule has 0 radical (unpaired) electrons. The molecule has 4 rings (SSSR count). The van der Waals surface area contributed by atoms with Gasteiger partial charge < -0.3 is 14.2 Å². The van der Waals surface area contributed by atoms with Gasteiger partial charge in [0, 0.05) is 18.2 Å². The Morgan fingerprint density at radius 1 is 1.31 bits per heavy atom. The van der Waals surface area contributed by atoms with Crippen molar-refractivity contribution in [2.75, 3.05) is 19.8 Å². The van der Waals surface area contributed by atoms with Crippen molar-refractivity contribution >= 4 is 6.21 Å². The molecule has 3 fully saturated rings. The van der Waals surface area contributed by atoms with Gasteiger partial charge in [-0.25, -0.2) is 0 Å². The van der Waals surface area contributed by atoms with Crippen molar-refractivity contribution in [1.82, 2.24) is 4.98 Å². The lowest BCUT2D eigenvalue weighted by Crippen LogP contribution is -2.57. The van der Waals surface area contributed by atoms with Crippen LogP contribution in [0.5, 0.6) is 0 Å². The second kappa shape index (κ2) is 7.29. The molecule has 1 unspecified atom stereocenters. The van der Waals surface area contributed by atoms with E-state index in [4.69, 9.17) is 14.2 Å². The van der Waals surface area contributed by atoms with Crippen LogP contribution < -0.4 is 0 Å². The molecule has 0 N–H and O–H groups in total. The zero-order valence-corrected chi connectivity index (χ0v) is 15.5. The summed E-state index contributed by atoms with van der Waals surface area (Å²) in [6.07, 6.45) is 3.58. The number of alkyl halides is 2. The Morgan fingerprint density at radius 3 is 2.65 bits per heavy atom. The second-order valence-electron chi connectivity index (χ2n) is 8.18. The van der Waals surface area contributed by atoms with Crippen molar-refractivity contribution in [2.45, 2.75) is 52.1 Å². The fourth-order valence-corrected chi connectivity index (χ4v) is 3.24. The highest BCUT2D eigenvalue weighted by molar-refractivity contribution is 5.68. The Bertz CT molecular complexity index is 629. The predicted octanol–water partition coefficient (Wildman–Crippen LogP) is 3.79. The second-order valence-corrected chi connectivity index (χ2v) is 8.18. The van der Waals surface area contributed by atoms with Gasteiger partial charge in [0.15, 0.2) is 0 Å². The summed E-state index contributed by atoms with van der Waals surface area (Å²) in [5, 5.41) is 0. The molecular weight excluding hydrogens is 342 g/mol.